The summed E-state index contributed by atoms with van der Waals surface area (Å²) in [5.41, 5.74) is 2.90. The molecule has 1 fully saturated rings. The van der Waals surface area contributed by atoms with Gasteiger partial charge in [-0.25, -0.2) is 4.79 Å². The van der Waals surface area contributed by atoms with Crippen LogP contribution in [0, 0.1) is 17.2 Å². The van der Waals surface area contributed by atoms with Gasteiger partial charge in [-0.1, -0.05) is 18.9 Å². The monoisotopic (exact) mass is 326 g/mol. The minimum atomic E-state index is 0.00609. The molecule has 128 valence electrons. The summed E-state index contributed by atoms with van der Waals surface area (Å²) in [6, 6.07) is 7.83. The molecule has 2 amide bonds. The molecule has 2 aliphatic rings. The zero-order valence-corrected chi connectivity index (χ0v) is 14.2. The highest BCUT2D eigenvalue weighted by atomic mass is 16.2. The van der Waals surface area contributed by atoms with Crippen LogP contribution in [0.15, 0.2) is 18.2 Å². The first kappa shape index (κ1) is 16.8. The van der Waals surface area contributed by atoms with E-state index < -0.39 is 0 Å². The second kappa shape index (κ2) is 8.16. The van der Waals surface area contributed by atoms with Crippen molar-refractivity contribution in [1.29, 1.82) is 5.26 Å². The predicted molar refractivity (Wildman–Crippen MR) is 93.2 cm³/mol. The third kappa shape index (κ3) is 4.27. The Balaban J connectivity index is 1.35. The Morgan fingerprint density at radius 2 is 2.04 bits per heavy atom. The first-order valence-corrected chi connectivity index (χ1v) is 9.01. The van der Waals surface area contributed by atoms with Gasteiger partial charge in [-0.15, -0.1) is 0 Å². The van der Waals surface area contributed by atoms with E-state index in [-0.39, 0.29) is 6.03 Å². The lowest BCUT2D eigenvalue weighted by Gasteiger charge is -2.22. The fourth-order valence-corrected chi connectivity index (χ4v) is 3.64. The number of nitrogens with zero attached hydrogens (tertiary/aromatic N) is 2. The number of rotatable bonds is 5. The number of carbonyl (C=O) groups excluding carboxylic acids is 1. The Morgan fingerprint density at radius 1 is 1.25 bits per heavy atom. The second-order valence-corrected chi connectivity index (χ2v) is 6.87. The molecule has 0 spiro atoms. The normalized spacial score (nSPS) is 17.4. The van der Waals surface area contributed by atoms with Crippen LogP contribution >= 0.6 is 0 Å². The molecule has 0 atom stereocenters. The lowest BCUT2D eigenvalue weighted by atomic mass is 9.92. The molecule has 3 rings (SSSR count). The maximum Gasteiger partial charge on any atom is 0.318 e. The molecule has 0 aromatic heterocycles. The van der Waals surface area contributed by atoms with Crippen LogP contribution in [-0.2, 0) is 13.1 Å². The summed E-state index contributed by atoms with van der Waals surface area (Å²) in [5, 5.41) is 15.4. The van der Waals surface area contributed by atoms with Crippen LogP contribution in [-0.4, -0.2) is 30.6 Å². The Hall–Kier alpha value is -2.06. The smallest absolute Gasteiger partial charge is 0.318 e. The summed E-state index contributed by atoms with van der Waals surface area (Å²) in [5.74, 6) is 0.865. The van der Waals surface area contributed by atoms with Gasteiger partial charge in [0.1, 0.15) is 0 Å². The van der Waals surface area contributed by atoms with Crippen molar-refractivity contribution in [3.8, 4) is 6.07 Å². The van der Waals surface area contributed by atoms with Gasteiger partial charge in [0, 0.05) is 19.6 Å². The van der Waals surface area contributed by atoms with Crippen molar-refractivity contribution in [1.82, 2.24) is 15.5 Å². The summed E-state index contributed by atoms with van der Waals surface area (Å²) in [6.45, 7) is 4.31. The Labute approximate surface area is 144 Å². The van der Waals surface area contributed by atoms with Gasteiger partial charge in [0.15, 0.2) is 0 Å². The third-order valence-electron chi connectivity index (χ3n) is 5.12. The quantitative estimate of drug-likeness (QED) is 0.818. The highest BCUT2D eigenvalue weighted by molar-refractivity contribution is 5.75. The lowest BCUT2D eigenvalue weighted by molar-refractivity contribution is 0.198. The van der Waals surface area contributed by atoms with E-state index >= 15 is 0 Å². The van der Waals surface area contributed by atoms with Crippen molar-refractivity contribution in [2.24, 2.45) is 5.92 Å². The predicted octanol–water partition coefficient (Wildman–Crippen LogP) is 2.75. The van der Waals surface area contributed by atoms with Gasteiger partial charge in [-0.3, -0.25) is 0 Å². The molecule has 5 nitrogen and oxygen atoms in total. The molecule has 1 aromatic carbocycles. The number of unbranched alkanes of at least 4 members (excludes halogenated alkanes) is 1. The summed E-state index contributed by atoms with van der Waals surface area (Å²) >= 11 is 0. The largest absolute Gasteiger partial charge is 0.338 e. The van der Waals surface area contributed by atoms with E-state index in [0.717, 1.165) is 43.1 Å². The average molecular weight is 326 g/mol. The van der Waals surface area contributed by atoms with Crippen LogP contribution in [0.25, 0.3) is 0 Å². The molecule has 1 aromatic rings. The zero-order valence-electron chi connectivity index (χ0n) is 14.2. The number of fused-ring (bicyclic) bond motifs is 1. The Morgan fingerprint density at radius 3 is 2.83 bits per heavy atom. The molecule has 0 aliphatic carbocycles. The molecule has 0 radical (unpaired) electrons. The van der Waals surface area contributed by atoms with Gasteiger partial charge in [0.2, 0.25) is 0 Å². The number of amides is 2. The average Bonchev–Trinajstić information content (AvgIpc) is 3.05. The maximum atomic E-state index is 12.3. The van der Waals surface area contributed by atoms with Crippen molar-refractivity contribution >= 4 is 6.03 Å². The number of hydrogen-bond acceptors (Lipinski definition) is 3. The molecular formula is C19H26N4O. The SMILES string of the molecule is N#Cc1ccc2c(c1)CN(C(=O)NCCCCC1CCNCC1)C2. The fraction of sp³-hybridized carbons (Fsp3) is 0.579. The van der Waals surface area contributed by atoms with Crippen LogP contribution < -0.4 is 10.6 Å². The van der Waals surface area contributed by atoms with Crippen LogP contribution in [0.3, 0.4) is 0 Å². The van der Waals surface area contributed by atoms with Gasteiger partial charge in [-0.05, 0) is 61.5 Å². The number of piperidine rings is 1. The molecule has 0 bridgehead atoms. The lowest BCUT2D eigenvalue weighted by Crippen LogP contribution is -2.37. The van der Waals surface area contributed by atoms with Crippen molar-refractivity contribution in [2.45, 2.75) is 45.2 Å². The van der Waals surface area contributed by atoms with E-state index in [9.17, 15) is 4.79 Å². The van der Waals surface area contributed by atoms with Gasteiger partial charge >= 0.3 is 6.03 Å². The van der Waals surface area contributed by atoms with Crippen molar-refractivity contribution in [3.05, 3.63) is 34.9 Å². The molecular weight excluding hydrogens is 300 g/mol. The first-order valence-electron chi connectivity index (χ1n) is 9.01. The van der Waals surface area contributed by atoms with E-state index in [1.807, 2.05) is 23.1 Å². The van der Waals surface area contributed by atoms with Crippen molar-refractivity contribution < 1.29 is 4.79 Å². The van der Waals surface area contributed by atoms with Gasteiger partial charge in [-0.2, -0.15) is 5.26 Å². The Kier molecular flexibility index (Phi) is 5.71. The van der Waals surface area contributed by atoms with Crippen molar-refractivity contribution in [2.75, 3.05) is 19.6 Å². The number of carbonyl (C=O) groups is 1. The van der Waals surface area contributed by atoms with E-state index in [1.54, 1.807) is 0 Å². The highest BCUT2D eigenvalue weighted by Gasteiger charge is 2.23. The highest BCUT2D eigenvalue weighted by Crippen LogP contribution is 2.23. The van der Waals surface area contributed by atoms with E-state index in [2.05, 4.69) is 16.7 Å². The van der Waals surface area contributed by atoms with Gasteiger partial charge in [0.25, 0.3) is 0 Å². The number of hydrogen-bond donors (Lipinski definition) is 2. The van der Waals surface area contributed by atoms with Crippen LogP contribution in [0.4, 0.5) is 4.79 Å². The summed E-state index contributed by atoms with van der Waals surface area (Å²) in [6.07, 6.45) is 6.11. The second-order valence-electron chi connectivity index (χ2n) is 6.87. The molecule has 0 saturated carbocycles. The fourth-order valence-electron chi connectivity index (χ4n) is 3.64. The molecule has 1 saturated heterocycles. The summed E-state index contributed by atoms with van der Waals surface area (Å²) in [7, 11) is 0. The zero-order chi connectivity index (χ0) is 16.8. The summed E-state index contributed by atoms with van der Waals surface area (Å²) in [4.78, 5) is 14.1. The number of benzene rings is 1. The summed E-state index contributed by atoms with van der Waals surface area (Å²) < 4.78 is 0. The molecule has 2 aliphatic heterocycles. The van der Waals surface area contributed by atoms with E-state index in [1.165, 1.54) is 25.7 Å². The molecule has 2 heterocycles. The molecule has 2 N–H and O–H groups in total. The topological polar surface area (TPSA) is 68.2 Å². The maximum absolute atomic E-state index is 12.3. The third-order valence-corrected chi connectivity index (χ3v) is 5.12. The standard InChI is InChI=1S/C19H26N4O/c20-12-16-4-5-17-13-23(14-18(17)11-16)19(24)22-8-2-1-3-15-6-9-21-10-7-15/h4-5,11,15,21H,1-3,6-10,13-14H2,(H,22,24). The number of nitriles is 1. The molecule has 5 heteroatoms. The van der Waals surface area contributed by atoms with Crippen LogP contribution in [0.1, 0.15) is 48.8 Å². The van der Waals surface area contributed by atoms with Gasteiger partial charge < -0.3 is 15.5 Å². The first-order chi connectivity index (χ1) is 11.8. The van der Waals surface area contributed by atoms with Crippen LogP contribution in [0.2, 0.25) is 0 Å². The van der Waals surface area contributed by atoms with Crippen LogP contribution in [0.5, 0.6) is 0 Å². The number of urea groups is 1. The molecule has 0 unspecified atom stereocenters. The van der Waals surface area contributed by atoms with Crippen molar-refractivity contribution in [3.63, 3.8) is 0 Å². The van der Waals surface area contributed by atoms with E-state index in [0.29, 0.717) is 18.7 Å². The number of nitrogens with one attached hydrogen (secondary N) is 2. The van der Waals surface area contributed by atoms with E-state index in [4.69, 9.17) is 5.26 Å². The minimum Gasteiger partial charge on any atom is -0.338 e. The Bertz CT molecular complexity index is 616. The molecule has 24 heavy (non-hydrogen) atoms. The van der Waals surface area contributed by atoms with Gasteiger partial charge in [0.05, 0.1) is 11.6 Å². The minimum absolute atomic E-state index is 0.00609.